The van der Waals surface area contributed by atoms with Crippen LogP contribution in [-0.2, 0) is 4.79 Å². The van der Waals surface area contributed by atoms with E-state index in [1.165, 1.54) is 6.07 Å². The Labute approximate surface area is 106 Å². The summed E-state index contributed by atoms with van der Waals surface area (Å²) in [5.74, 6) is -3.94. The Morgan fingerprint density at radius 3 is 2.53 bits per heavy atom. The molecule has 0 fully saturated rings. The van der Waals surface area contributed by atoms with Crippen LogP contribution in [0.5, 0.6) is 0 Å². The van der Waals surface area contributed by atoms with Gasteiger partial charge in [-0.1, -0.05) is 18.2 Å². The van der Waals surface area contributed by atoms with Crippen LogP contribution < -0.4 is 5.73 Å². The summed E-state index contributed by atoms with van der Waals surface area (Å²) in [5, 5.41) is 9.07. The first-order valence-electron chi connectivity index (χ1n) is 5.43. The number of nitrogens with two attached hydrogens (primary N) is 1. The standard InChI is InChI=1S/C12H11F3N2O2/c13-12(14,15)9(10(16)11(18)19)7-5-17-8-4-2-1-3-6(7)8/h1-5,9-10,17H,16H2,(H,18,19). The van der Waals surface area contributed by atoms with Gasteiger partial charge < -0.3 is 15.8 Å². The van der Waals surface area contributed by atoms with Crippen molar-refractivity contribution in [3.8, 4) is 0 Å². The number of carboxylic acid groups (broad SMARTS) is 1. The molecule has 7 heteroatoms. The molecule has 2 unspecified atom stereocenters. The van der Waals surface area contributed by atoms with Gasteiger partial charge >= 0.3 is 12.1 Å². The van der Waals surface area contributed by atoms with Crippen LogP contribution in [-0.4, -0.2) is 28.3 Å². The Morgan fingerprint density at radius 2 is 1.95 bits per heavy atom. The van der Waals surface area contributed by atoms with Gasteiger partial charge in [-0.3, -0.25) is 4.79 Å². The fourth-order valence-corrected chi connectivity index (χ4v) is 2.07. The van der Waals surface area contributed by atoms with Gasteiger partial charge in [0, 0.05) is 17.1 Å². The van der Waals surface area contributed by atoms with E-state index in [0.29, 0.717) is 10.9 Å². The summed E-state index contributed by atoms with van der Waals surface area (Å²) in [5.41, 5.74) is 5.55. The van der Waals surface area contributed by atoms with Crippen molar-refractivity contribution in [2.24, 2.45) is 5.73 Å². The molecule has 0 radical (unpaired) electrons. The highest BCUT2D eigenvalue weighted by Gasteiger charge is 2.48. The number of aromatic amines is 1. The lowest BCUT2D eigenvalue weighted by Crippen LogP contribution is -2.43. The highest BCUT2D eigenvalue weighted by atomic mass is 19.4. The number of halogens is 3. The van der Waals surface area contributed by atoms with E-state index in [2.05, 4.69) is 4.98 Å². The number of hydrogen-bond donors (Lipinski definition) is 3. The molecule has 1 heterocycles. The molecule has 0 spiro atoms. The van der Waals surface area contributed by atoms with Crippen molar-refractivity contribution < 1.29 is 23.1 Å². The second kappa shape index (κ2) is 4.58. The summed E-state index contributed by atoms with van der Waals surface area (Å²) >= 11 is 0. The monoisotopic (exact) mass is 272 g/mol. The first-order valence-corrected chi connectivity index (χ1v) is 5.43. The molecular formula is C12H11F3N2O2. The maximum atomic E-state index is 13.1. The number of aromatic nitrogens is 1. The number of alkyl halides is 3. The summed E-state index contributed by atoms with van der Waals surface area (Å²) in [6, 6.07) is 4.31. The average Bonchev–Trinajstić information content (AvgIpc) is 2.71. The van der Waals surface area contributed by atoms with Crippen molar-refractivity contribution in [2.75, 3.05) is 0 Å². The van der Waals surface area contributed by atoms with Crippen molar-refractivity contribution in [2.45, 2.75) is 18.1 Å². The van der Waals surface area contributed by atoms with Gasteiger partial charge in [0.05, 0.1) is 0 Å². The molecule has 2 rings (SSSR count). The van der Waals surface area contributed by atoms with E-state index in [-0.39, 0.29) is 5.56 Å². The minimum atomic E-state index is -4.73. The van der Waals surface area contributed by atoms with Gasteiger partial charge in [0.1, 0.15) is 12.0 Å². The minimum Gasteiger partial charge on any atom is -0.480 e. The first-order chi connectivity index (χ1) is 8.82. The Morgan fingerprint density at radius 1 is 1.32 bits per heavy atom. The first kappa shape index (κ1) is 13.4. The molecule has 2 aromatic rings. The Bertz CT molecular complexity index is 606. The second-order valence-corrected chi connectivity index (χ2v) is 4.17. The molecule has 19 heavy (non-hydrogen) atoms. The third-order valence-electron chi connectivity index (χ3n) is 2.95. The molecule has 0 aliphatic heterocycles. The largest absolute Gasteiger partial charge is 0.480 e. The second-order valence-electron chi connectivity index (χ2n) is 4.17. The van der Waals surface area contributed by atoms with Crippen LogP contribution in [0, 0.1) is 0 Å². The molecule has 1 aromatic carbocycles. The van der Waals surface area contributed by atoms with E-state index in [4.69, 9.17) is 10.8 Å². The molecule has 2 atom stereocenters. The topological polar surface area (TPSA) is 79.1 Å². The van der Waals surface area contributed by atoms with Crippen molar-refractivity contribution >= 4 is 16.9 Å². The highest BCUT2D eigenvalue weighted by molar-refractivity contribution is 5.85. The molecule has 4 nitrogen and oxygen atoms in total. The van der Waals surface area contributed by atoms with Crippen LogP contribution in [0.25, 0.3) is 10.9 Å². The van der Waals surface area contributed by atoms with E-state index in [9.17, 15) is 18.0 Å². The van der Waals surface area contributed by atoms with Crippen LogP contribution in [0.15, 0.2) is 30.5 Å². The number of carbonyl (C=O) groups is 1. The lowest BCUT2D eigenvalue weighted by Gasteiger charge is -2.23. The van der Waals surface area contributed by atoms with E-state index in [0.717, 1.165) is 6.20 Å². The van der Waals surface area contributed by atoms with E-state index < -0.39 is 24.1 Å². The molecule has 1 aromatic heterocycles. The van der Waals surface area contributed by atoms with Crippen LogP contribution in [0.2, 0.25) is 0 Å². The normalized spacial score (nSPS) is 15.4. The quantitative estimate of drug-likeness (QED) is 0.801. The molecule has 0 saturated carbocycles. The Kier molecular flexibility index (Phi) is 3.23. The predicted molar refractivity (Wildman–Crippen MR) is 62.7 cm³/mol. The van der Waals surface area contributed by atoms with Crippen molar-refractivity contribution in [3.05, 3.63) is 36.0 Å². The number of rotatable bonds is 3. The van der Waals surface area contributed by atoms with E-state index in [1.54, 1.807) is 18.2 Å². The molecule has 0 bridgehead atoms. The average molecular weight is 272 g/mol. The minimum absolute atomic E-state index is 0.155. The molecule has 102 valence electrons. The summed E-state index contributed by atoms with van der Waals surface area (Å²) in [7, 11) is 0. The lowest BCUT2D eigenvalue weighted by atomic mass is 9.91. The van der Waals surface area contributed by atoms with Crippen LogP contribution >= 0.6 is 0 Å². The zero-order valence-corrected chi connectivity index (χ0v) is 9.61. The summed E-state index contributed by atoms with van der Waals surface area (Å²) in [6.45, 7) is 0. The zero-order chi connectivity index (χ0) is 14.2. The SMILES string of the molecule is NC(C(=O)O)C(c1c[nH]c2ccccc12)C(F)(F)F. The summed E-state index contributed by atoms with van der Waals surface area (Å²) in [4.78, 5) is 13.5. The number of benzene rings is 1. The maximum absolute atomic E-state index is 13.1. The van der Waals surface area contributed by atoms with Gasteiger partial charge in [0.15, 0.2) is 0 Å². The summed E-state index contributed by atoms with van der Waals surface area (Å²) < 4.78 is 39.2. The van der Waals surface area contributed by atoms with Gasteiger partial charge in [-0.15, -0.1) is 0 Å². The van der Waals surface area contributed by atoms with Gasteiger partial charge in [-0.05, 0) is 11.6 Å². The molecular weight excluding hydrogens is 261 g/mol. The molecule has 0 aliphatic rings. The summed E-state index contributed by atoms with van der Waals surface area (Å²) in [6.07, 6.45) is -3.58. The van der Waals surface area contributed by atoms with Crippen molar-refractivity contribution in [3.63, 3.8) is 0 Å². The van der Waals surface area contributed by atoms with E-state index in [1.807, 2.05) is 0 Å². The Hall–Kier alpha value is -2.02. The van der Waals surface area contributed by atoms with Gasteiger partial charge in [-0.2, -0.15) is 13.2 Å². The van der Waals surface area contributed by atoms with Gasteiger partial charge in [-0.25, -0.2) is 0 Å². The number of hydrogen-bond acceptors (Lipinski definition) is 2. The zero-order valence-electron chi connectivity index (χ0n) is 9.61. The lowest BCUT2D eigenvalue weighted by molar-refractivity contribution is -0.166. The van der Waals surface area contributed by atoms with Crippen molar-refractivity contribution in [1.29, 1.82) is 0 Å². The Balaban J connectivity index is 2.58. The number of aliphatic carboxylic acids is 1. The predicted octanol–water partition coefficient (Wildman–Crippen LogP) is 2.23. The van der Waals surface area contributed by atoms with Crippen LogP contribution in [0.3, 0.4) is 0 Å². The molecule has 0 aliphatic carbocycles. The van der Waals surface area contributed by atoms with Crippen LogP contribution in [0.4, 0.5) is 13.2 Å². The third-order valence-corrected chi connectivity index (χ3v) is 2.95. The smallest absolute Gasteiger partial charge is 0.397 e. The van der Waals surface area contributed by atoms with Gasteiger partial charge in [0.2, 0.25) is 0 Å². The maximum Gasteiger partial charge on any atom is 0.397 e. The third kappa shape index (κ3) is 2.41. The van der Waals surface area contributed by atoms with Crippen molar-refractivity contribution in [1.82, 2.24) is 4.98 Å². The number of nitrogens with one attached hydrogen (secondary N) is 1. The number of H-pyrrole nitrogens is 1. The van der Waals surface area contributed by atoms with E-state index >= 15 is 0 Å². The fourth-order valence-electron chi connectivity index (χ4n) is 2.07. The molecule has 0 amide bonds. The number of carboxylic acids is 1. The number of para-hydroxylation sites is 1. The number of fused-ring (bicyclic) bond motifs is 1. The fraction of sp³-hybridized carbons (Fsp3) is 0.250. The van der Waals surface area contributed by atoms with Crippen LogP contribution in [0.1, 0.15) is 11.5 Å². The van der Waals surface area contributed by atoms with Gasteiger partial charge in [0.25, 0.3) is 0 Å². The molecule has 4 N–H and O–H groups in total. The highest BCUT2D eigenvalue weighted by Crippen LogP contribution is 2.39. The molecule has 0 saturated heterocycles.